The Hall–Kier alpha value is -4.65. The molecule has 0 saturated carbocycles. The molecule has 1 aromatic heterocycles. The molecule has 184 valence electrons. The Morgan fingerprint density at radius 1 is 0.730 bits per heavy atom. The van der Waals surface area contributed by atoms with E-state index in [2.05, 4.69) is 4.98 Å². The number of hydrogen-bond acceptors (Lipinski definition) is 4. The third kappa shape index (κ3) is 5.16. The lowest BCUT2D eigenvalue weighted by Gasteiger charge is -2.12. The summed E-state index contributed by atoms with van der Waals surface area (Å²) in [6.45, 7) is 0. The Balaban J connectivity index is 1.44. The van der Waals surface area contributed by atoms with Gasteiger partial charge in [0.1, 0.15) is 11.5 Å². The average Bonchev–Trinajstić information content (AvgIpc) is 2.92. The Labute approximate surface area is 210 Å². The first-order chi connectivity index (χ1) is 17.8. The molecule has 4 nitrogen and oxygen atoms in total. The molecule has 0 aliphatic rings. The van der Waals surface area contributed by atoms with Crippen LogP contribution in [0.3, 0.4) is 0 Å². The van der Waals surface area contributed by atoms with E-state index < -0.39 is 17.7 Å². The summed E-state index contributed by atoms with van der Waals surface area (Å²) >= 11 is 0. The molecule has 0 spiro atoms. The lowest BCUT2D eigenvalue weighted by atomic mass is 10.00. The lowest BCUT2D eigenvalue weighted by Crippen LogP contribution is -2.07. The van der Waals surface area contributed by atoms with E-state index in [1.54, 1.807) is 0 Å². The number of benzene rings is 4. The van der Waals surface area contributed by atoms with Crippen molar-refractivity contribution in [1.82, 2.24) is 4.98 Å². The molecule has 0 amide bonds. The van der Waals surface area contributed by atoms with Crippen LogP contribution in [0.25, 0.3) is 33.3 Å². The van der Waals surface area contributed by atoms with Gasteiger partial charge in [0.15, 0.2) is 0 Å². The topological polar surface area (TPSA) is 48.4 Å². The predicted octanol–water partition coefficient (Wildman–Crippen LogP) is 8.17. The van der Waals surface area contributed by atoms with Gasteiger partial charge in [-0.05, 0) is 59.7 Å². The Morgan fingerprint density at radius 2 is 1.32 bits per heavy atom. The Kier molecular flexibility index (Phi) is 6.36. The van der Waals surface area contributed by atoms with Crippen LogP contribution in [0.15, 0.2) is 103 Å². The summed E-state index contributed by atoms with van der Waals surface area (Å²) in [6, 6.07) is 29.3. The number of halogens is 3. The molecule has 7 heteroatoms. The highest BCUT2D eigenvalue weighted by molar-refractivity contribution is 6.04. The number of ether oxygens (including phenoxy) is 2. The number of nitrogens with zero attached hydrogens (tertiary/aromatic N) is 1. The first kappa shape index (κ1) is 24.1. The SMILES string of the molecule is COC(=O)c1cc(-c2ccc(-c3ccc(Oc4ccccc4)cc3)cc2)nc2ccc(C(F)(F)F)cc12. The maximum Gasteiger partial charge on any atom is 0.416 e. The highest BCUT2D eigenvalue weighted by Crippen LogP contribution is 2.34. The van der Waals surface area contributed by atoms with Crippen molar-refractivity contribution in [3.05, 3.63) is 114 Å². The van der Waals surface area contributed by atoms with Crippen LogP contribution in [0, 0.1) is 0 Å². The van der Waals surface area contributed by atoms with Crippen molar-refractivity contribution in [2.75, 3.05) is 7.11 Å². The molecule has 0 aliphatic carbocycles. The molecule has 1 heterocycles. The lowest BCUT2D eigenvalue weighted by molar-refractivity contribution is -0.137. The second kappa shape index (κ2) is 9.78. The van der Waals surface area contributed by atoms with Crippen molar-refractivity contribution in [2.24, 2.45) is 0 Å². The fourth-order valence-corrected chi connectivity index (χ4v) is 4.00. The normalized spacial score (nSPS) is 11.4. The second-order valence-corrected chi connectivity index (χ2v) is 8.29. The van der Waals surface area contributed by atoms with Gasteiger partial charge in [-0.25, -0.2) is 9.78 Å². The molecule has 0 radical (unpaired) electrons. The van der Waals surface area contributed by atoms with Gasteiger partial charge in [0, 0.05) is 10.9 Å². The summed E-state index contributed by atoms with van der Waals surface area (Å²) in [6.07, 6.45) is -4.54. The van der Waals surface area contributed by atoms with E-state index in [4.69, 9.17) is 9.47 Å². The number of carbonyl (C=O) groups is 1. The van der Waals surface area contributed by atoms with E-state index in [0.29, 0.717) is 11.3 Å². The van der Waals surface area contributed by atoms with Gasteiger partial charge in [-0.15, -0.1) is 0 Å². The van der Waals surface area contributed by atoms with Gasteiger partial charge in [-0.3, -0.25) is 0 Å². The van der Waals surface area contributed by atoms with E-state index in [1.165, 1.54) is 19.2 Å². The number of pyridine rings is 1. The fourth-order valence-electron chi connectivity index (χ4n) is 4.00. The van der Waals surface area contributed by atoms with E-state index in [1.807, 2.05) is 78.9 Å². The monoisotopic (exact) mass is 499 g/mol. The molecule has 4 aromatic carbocycles. The number of rotatable bonds is 5. The molecule has 0 unspecified atom stereocenters. The standard InChI is InChI=1S/C30H20F3NO3/c1-36-29(35)26-18-28(34-27-16-13-22(17-25(26)27)30(31,32)33)21-9-7-19(8-10-21)20-11-14-24(15-12-20)37-23-5-3-2-4-6-23/h2-18H,1H3. The largest absolute Gasteiger partial charge is 0.465 e. The highest BCUT2D eigenvalue weighted by Gasteiger charge is 2.31. The maximum absolute atomic E-state index is 13.2. The van der Waals surface area contributed by atoms with Crippen LogP contribution in [0.4, 0.5) is 13.2 Å². The first-order valence-corrected chi connectivity index (χ1v) is 11.4. The molecule has 0 aliphatic heterocycles. The highest BCUT2D eigenvalue weighted by atomic mass is 19.4. The van der Waals surface area contributed by atoms with Crippen LogP contribution in [0.2, 0.25) is 0 Å². The van der Waals surface area contributed by atoms with Crippen LogP contribution in [0.5, 0.6) is 11.5 Å². The number of para-hydroxylation sites is 1. The summed E-state index contributed by atoms with van der Waals surface area (Å²) < 4.78 is 50.4. The van der Waals surface area contributed by atoms with E-state index in [-0.39, 0.29) is 16.5 Å². The Bertz CT molecular complexity index is 1560. The van der Waals surface area contributed by atoms with Crippen LogP contribution < -0.4 is 4.74 Å². The van der Waals surface area contributed by atoms with Crippen molar-refractivity contribution in [2.45, 2.75) is 6.18 Å². The summed E-state index contributed by atoms with van der Waals surface area (Å²) in [5.74, 6) is 0.738. The van der Waals surface area contributed by atoms with Gasteiger partial charge >= 0.3 is 12.1 Å². The minimum Gasteiger partial charge on any atom is -0.465 e. The van der Waals surface area contributed by atoms with E-state index in [9.17, 15) is 18.0 Å². The number of aromatic nitrogens is 1. The number of hydrogen-bond donors (Lipinski definition) is 0. The molecule has 5 aromatic rings. The van der Waals surface area contributed by atoms with Crippen molar-refractivity contribution < 1.29 is 27.4 Å². The first-order valence-electron chi connectivity index (χ1n) is 11.4. The molecule has 0 fully saturated rings. The fraction of sp³-hybridized carbons (Fsp3) is 0.0667. The van der Waals surface area contributed by atoms with Crippen molar-refractivity contribution in [1.29, 1.82) is 0 Å². The number of alkyl halides is 3. The van der Waals surface area contributed by atoms with Gasteiger partial charge < -0.3 is 9.47 Å². The van der Waals surface area contributed by atoms with Gasteiger partial charge in [-0.1, -0.05) is 54.6 Å². The van der Waals surface area contributed by atoms with Gasteiger partial charge in [0.2, 0.25) is 0 Å². The molecular formula is C30H20F3NO3. The van der Waals surface area contributed by atoms with Crippen LogP contribution in [-0.2, 0) is 10.9 Å². The van der Waals surface area contributed by atoms with Crippen LogP contribution in [0.1, 0.15) is 15.9 Å². The third-order valence-electron chi connectivity index (χ3n) is 5.89. The third-order valence-corrected chi connectivity index (χ3v) is 5.89. The van der Waals surface area contributed by atoms with Crippen molar-refractivity contribution >= 4 is 16.9 Å². The van der Waals surface area contributed by atoms with E-state index >= 15 is 0 Å². The zero-order valence-electron chi connectivity index (χ0n) is 19.6. The average molecular weight is 499 g/mol. The number of carbonyl (C=O) groups excluding carboxylic acids is 1. The quantitative estimate of drug-likeness (QED) is 0.229. The minimum absolute atomic E-state index is 0.0201. The molecule has 37 heavy (non-hydrogen) atoms. The van der Waals surface area contributed by atoms with E-state index in [0.717, 1.165) is 34.8 Å². The van der Waals surface area contributed by atoms with Crippen LogP contribution >= 0.6 is 0 Å². The Morgan fingerprint density at radius 3 is 1.95 bits per heavy atom. The zero-order valence-corrected chi connectivity index (χ0v) is 19.6. The minimum atomic E-state index is -4.54. The molecule has 0 N–H and O–H groups in total. The number of fused-ring (bicyclic) bond motifs is 1. The molecule has 5 rings (SSSR count). The summed E-state index contributed by atoms with van der Waals surface area (Å²) in [5.41, 5.74) is 2.53. The van der Waals surface area contributed by atoms with Gasteiger partial charge in [-0.2, -0.15) is 13.2 Å². The molecule has 0 saturated heterocycles. The molecule has 0 atom stereocenters. The number of methoxy groups -OCH3 is 1. The molecular weight excluding hydrogens is 479 g/mol. The summed E-state index contributed by atoms with van der Waals surface area (Å²) in [7, 11) is 1.19. The predicted molar refractivity (Wildman–Crippen MR) is 135 cm³/mol. The van der Waals surface area contributed by atoms with Crippen LogP contribution in [-0.4, -0.2) is 18.1 Å². The van der Waals surface area contributed by atoms with Gasteiger partial charge in [0.05, 0.1) is 29.4 Å². The van der Waals surface area contributed by atoms with Crippen molar-refractivity contribution in [3.8, 4) is 33.9 Å². The maximum atomic E-state index is 13.2. The zero-order chi connectivity index (χ0) is 26.0. The smallest absolute Gasteiger partial charge is 0.416 e. The second-order valence-electron chi connectivity index (χ2n) is 8.29. The summed E-state index contributed by atoms with van der Waals surface area (Å²) in [4.78, 5) is 16.9. The molecule has 0 bridgehead atoms. The number of esters is 1. The van der Waals surface area contributed by atoms with Crippen molar-refractivity contribution in [3.63, 3.8) is 0 Å². The summed E-state index contributed by atoms with van der Waals surface area (Å²) in [5, 5.41) is 0.0832. The van der Waals surface area contributed by atoms with Gasteiger partial charge in [0.25, 0.3) is 0 Å².